The van der Waals surface area contributed by atoms with Gasteiger partial charge in [0.05, 0.1) is 18.8 Å². The smallest absolute Gasteiger partial charge is 0.197 e. The molecule has 6 fully saturated rings. The Hall–Kier alpha value is -0.160. The standard InChI is InChI=1S/C27H44O4/c1-15-11-23(29)27(30-14-15)16(2)24-22(31-27)13-21-19-6-5-17-12-18(28)7-9-25(17,3)20(19)8-10-26(21,24)4/h15-24,28-29H,5-14H2,1-4H3/t15-,16+,17+,18+,19-,20+,21+,22+,23+,24+,25+,26+,27+/m1/s1. The van der Waals surface area contributed by atoms with Gasteiger partial charge in [-0.15, -0.1) is 0 Å². The Morgan fingerprint density at radius 3 is 2.39 bits per heavy atom. The van der Waals surface area contributed by atoms with Crippen LogP contribution in [0.3, 0.4) is 0 Å². The molecule has 13 atom stereocenters. The minimum absolute atomic E-state index is 0.0654. The number of aliphatic hydroxyl groups is 2. The summed E-state index contributed by atoms with van der Waals surface area (Å²) in [5.41, 5.74) is 0.728. The summed E-state index contributed by atoms with van der Waals surface area (Å²) >= 11 is 0. The lowest BCUT2D eigenvalue weighted by Crippen LogP contribution is -2.57. The van der Waals surface area contributed by atoms with Gasteiger partial charge in [0.1, 0.15) is 6.10 Å². The van der Waals surface area contributed by atoms with Crippen molar-refractivity contribution in [1.82, 2.24) is 0 Å². The van der Waals surface area contributed by atoms with Crippen LogP contribution in [0.4, 0.5) is 0 Å². The van der Waals surface area contributed by atoms with Gasteiger partial charge in [-0.05, 0) is 104 Å². The summed E-state index contributed by atoms with van der Waals surface area (Å²) in [6.07, 6.45) is 10.1. The van der Waals surface area contributed by atoms with Gasteiger partial charge in [-0.1, -0.05) is 27.7 Å². The number of hydrogen-bond acceptors (Lipinski definition) is 4. The quantitative estimate of drug-likeness (QED) is 0.579. The molecule has 31 heavy (non-hydrogen) atoms. The van der Waals surface area contributed by atoms with Gasteiger partial charge in [-0.3, -0.25) is 0 Å². The van der Waals surface area contributed by atoms with Crippen molar-refractivity contribution in [3.8, 4) is 0 Å². The molecule has 1 spiro atoms. The van der Waals surface area contributed by atoms with E-state index in [0.717, 1.165) is 43.4 Å². The van der Waals surface area contributed by atoms with Crippen LogP contribution in [0.1, 0.15) is 85.5 Å². The number of ether oxygens (including phenoxy) is 2. The van der Waals surface area contributed by atoms with Gasteiger partial charge in [0.15, 0.2) is 5.79 Å². The van der Waals surface area contributed by atoms with E-state index in [2.05, 4.69) is 27.7 Å². The van der Waals surface area contributed by atoms with E-state index in [9.17, 15) is 10.2 Å². The van der Waals surface area contributed by atoms with Gasteiger partial charge in [0, 0.05) is 5.92 Å². The van der Waals surface area contributed by atoms with Crippen molar-refractivity contribution in [3.63, 3.8) is 0 Å². The van der Waals surface area contributed by atoms with Crippen LogP contribution < -0.4 is 0 Å². The second-order valence-electron chi connectivity index (χ2n) is 13.2. The van der Waals surface area contributed by atoms with Gasteiger partial charge >= 0.3 is 0 Å². The van der Waals surface area contributed by atoms with Crippen LogP contribution in [0, 0.1) is 52.3 Å². The molecule has 0 amide bonds. The minimum Gasteiger partial charge on any atom is -0.393 e. The lowest BCUT2D eigenvalue weighted by Gasteiger charge is -2.61. The van der Waals surface area contributed by atoms with Crippen molar-refractivity contribution in [1.29, 1.82) is 0 Å². The molecule has 4 heteroatoms. The molecular formula is C27H44O4. The normalized spacial score (nSPS) is 63.3. The first-order valence-electron chi connectivity index (χ1n) is 13.4. The van der Waals surface area contributed by atoms with Gasteiger partial charge in [0.25, 0.3) is 0 Å². The van der Waals surface area contributed by atoms with Crippen LogP contribution in [0.2, 0.25) is 0 Å². The Balaban J connectivity index is 1.27. The first-order valence-corrected chi connectivity index (χ1v) is 13.4. The Morgan fingerprint density at radius 1 is 0.839 bits per heavy atom. The van der Waals surface area contributed by atoms with Crippen molar-refractivity contribution in [2.24, 2.45) is 52.3 Å². The summed E-state index contributed by atoms with van der Waals surface area (Å²) in [4.78, 5) is 0. The fourth-order valence-electron chi connectivity index (χ4n) is 10.4. The van der Waals surface area contributed by atoms with E-state index in [1.165, 1.54) is 32.1 Å². The van der Waals surface area contributed by atoms with E-state index in [-0.39, 0.29) is 18.1 Å². The molecule has 176 valence electrons. The average molecular weight is 433 g/mol. The molecule has 0 bridgehead atoms. The molecule has 4 nitrogen and oxygen atoms in total. The van der Waals surface area contributed by atoms with E-state index in [0.29, 0.717) is 35.2 Å². The van der Waals surface area contributed by atoms with Crippen LogP contribution in [0.5, 0.6) is 0 Å². The Bertz CT molecular complexity index is 726. The molecule has 0 aromatic heterocycles. The molecule has 0 unspecified atom stereocenters. The number of fused-ring (bicyclic) bond motifs is 7. The van der Waals surface area contributed by atoms with Crippen LogP contribution >= 0.6 is 0 Å². The Kier molecular flexibility index (Phi) is 4.78. The molecule has 4 aliphatic carbocycles. The Labute approximate surface area is 188 Å². The second-order valence-corrected chi connectivity index (χ2v) is 13.2. The lowest BCUT2D eigenvalue weighted by atomic mass is 9.44. The zero-order valence-corrected chi connectivity index (χ0v) is 20.1. The number of hydrogen-bond donors (Lipinski definition) is 2. The van der Waals surface area contributed by atoms with Crippen molar-refractivity contribution in [3.05, 3.63) is 0 Å². The van der Waals surface area contributed by atoms with Crippen LogP contribution in [-0.2, 0) is 9.47 Å². The van der Waals surface area contributed by atoms with E-state index in [4.69, 9.17) is 9.47 Å². The summed E-state index contributed by atoms with van der Waals surface area (Å²) in [6, 6.07) is 0. The topological polar surface area (TPSA) is 58.9 Å². The monoisotopic (exact) mass is 432 g/mol. The molecule has 4 saturated carbocycles. The fourth-order valence-corrected chi connectivity index (χ4v) is 10.4. The van der Waals surface area contributed by atoms with Crippen LogP contribution in [0.15, 0.2) is 0 Å². The van der Waals surface area contributed by atoms with Crippen LogP contribution in [-0.4, -0.2) is 40.9 Å². The molecule has 6 aliphatic rings. The largest absolute Gasteiger partial charge is 0.393 e. The highest BCUT2D eigenvalue weighted by molar-refractivity contribution is 5.16. The highest BCUT2D eigenvalue weighted by Gasteiger charge is 2.70. The first kappa shape index (κ1) is 21.4. The zero-order valence-electron chi connectivity index (χ0n) is 20.1. The Morgan fingerprint density at radius 2 is 1.61 bits per heavy atom. The third-order valence-electron chi connectivity index (χ3n) is 11.9. The molecule has 6 rings (SSSR count). The molecule has 0 radical (unpaired) electrons. The summed E-state index contributed by atoms with van der Waals surface area (Å²) in [7, 11) is 0. The van der Waals surface area contributed by atoms with Gasteiger partial charge in [-0.25, -0.2) is 0 Å². The number of aliphatic hydroxyl groups excluding tert-OH is 2. The van der Waals surface area contributed by atoms with Gasteiger partial charge in [-0.2, -0.15) is 0 Å². The lowest BCUT2D eigenvalue weighted by molar-refractivity contribution is -0.316. The molecule has 0 aromatic carbocycles. The number of rotatable bonds is 0. The summed E-state index contributed by atoms with van der Waals surface area (Å²) in [5, 5.41) is 21.3. The SMILES string of the molecule is C[C@H]1CO[C@@]2(O[C@H]3C[C@H]4[C@@H]5CC[C@H]6C[C@@H](O)CC[C@]6(C)[C@H]5CC[C@]4(C)[C@H]3[C@@H]2C)[C@@H](O)C1. The van der Waals surface area contributed by atoms with Crippen LogP contribution in [0.25, 0.3) is 0 Å². The van der Waals surface area contributed by atoms with Crippen molar-refractivity contribution in [2.75, 3.05) is 6.61 Å². The molecule has 2 saturated heterocycles. The maximum absolute atomic E-state index is 11.0. The molecule has 2 N–H and O–H groups in total. The maximum atomic E-state index is 11.0. The van der Waals surface area contributed by atoms with Crippen molar-refractivity contribution >= 4 is 0 Å². The third-order valence-corrected chi connectivity index (χ3v) is 11.9. The second kappa shape index (κ2) is 6.93. The average Bonchev–Trinajstić information content (AvgIpc) is 3.17. The maximum Gasteiger partial charge on any atom is 0.197 e. The predicted molar refractivity (Wildman–Crippen MR) is 119 cm³/mol. The zero-order chi connectivity index (χ0) is 21.8. The highest BCUT2D eigenvalue weighted by Crippen LogP contribution is 2.71. The van der Waals surface area contributed by atoms with E-state index < -0.39 is 11.9 Å². The molecular weight excluding hydrogens is 388 g/mol. The van der Waals surface area contributed by atoms with Gasteiger partial charge in [0.2, 0.25) is 0 Å². The van der Waals surface area contributed by atoms with E-state index in [1.54, 1.807) is 0 Å². The molecule has 2 aliphatic heterocycles. The first-order chi connectivity index (χ1) is 14.7. The van der Waals surface area contributed by atoms with Crippen molar-refractivity contribution < 1.29 is 19.7 Å². The summed E-state index contributed by atoms with van der Waals surface area (Å²) < 4.78 is 13.1. The van der Waals surface area contributed by atoms with E-state index in [1.807, 2.05) is 0 Å². The minimum atomic E-state index is -0.768. The molecule has 2 heterocycles. The fraction of sp³-hybridized carbons (Fsp3) is 1.00. The summed E-state index contributed by atoms with van der Waals surface area (Å²) in [6.45, 7) is 10.3. The summed E-state index contributed by atoms with van der Waals surface area (Å²) in [5.74, 6) is 3.47. The third kappa shape index (κ3) is 2.74. The predicted octanol–water partition coefficient (Wildman–Crippen LogP) is 4.76. The molecule has 0 aromatic rings. The highest BCUT2D eigenvalue weighted by atomic mass is 16.7. The van der Waals surface area contributed by atoms with Gasteiger partial charge < -0.3 is 19.7 Å². The van der Waals surface area contributed by atoms with Crippen molar-refractivity contribution in [2.45, 2.75) is 110 Å². The van der Waals surface area contributed by atoms with E-state index >= 15 is 0 Å².